The van der Waals surface area contributed by atoms with Crippen LogP contribution in [0.5, 0.6) is 0 Å². The van der Waals surface area contributed by atoms with E-state index in [9.17, 15) is 0 Å². The Morgan fingerprint density at radius 2 is 1.88 bits per heavy atom. The van der Waals surface area contributed by atoms with Crippen LogP contribution in [-0.2, 0) is 4.74 Å². The molecule has 17 heavy (non-hydrogen) atoms. The third-order valence-electron chi connectivity index (χ3n) is 2.66. The number of halogens is 1. The molecule has 0 aliphatic carbocycles. The summed E-state index contributed by atoms with van der Waals surface area (Å²) in [5.74, 6) is 0. The second-order valence-electron chi connectivity index (χ2n) is 3.98. The summed E-state index contributed by atoms with van der Waals surface area (Å²) in [6.45, 7) is 1.74. The van der Waals surface area contributed by atoms with Gasteiger partial charge in [-0.05, 0) is 41.5 Å². The summed E-state index contributed by atoms with van der Waals surface area (Å²) in [6.07, 6.45) is 1.02. The molecule has 0 radical (unpaired) electrons. The van der Waals surface area contributed by atoms with Crippen LogP contribution in [0.25, 0.3) is 10.8 Å². The van der Waals surface area contributed by atoms with Gasteiger partial charge >= 0.3 is 0 Å². The third kappa shape index (κ3) is 3.45. The van der Waals surface area contributed by atoms with Crippen molar-refractivity contribution in [3.05, 3.63) is 40.9 Å². The molecule has 90 valence electrons. The fourth-order valence-electron chi connectivity index (χ4n) is 1.78. The van der Waals surface area contributed by atoms with Crippen molar-refractivity contribution in [2.24, 2.45) is 0 Å². The monoisotopic (exact) mass is 293 g/mol. The van der Waals surface area contributed by atoms with Crippen molar-refractivity contribution in [3.63, 3.8) is 0 Å². The topological polar surface area (TPSA) is 21.3 Å². The van der Waals surface area contributed by atoms with Crippen molar-refractivity contribution in [3.8, 4) is 0 Å². The van der Waals surface area contributed by atoms with Crippen LogP contribution >= 0.6 is 15.9 Å². The summed E-state index contributed by atoms with van der Waals surface area (Å²) in [6, 6.07) is 12.7. The van der Waals surface area contributed by atoms with Crippen molar-refractivity contribution in [2.45, 2.75) is 6.42 Å². The molecule has 0 aliphatic rings. The molecule has 3 heteroatoms. The van der Waals surface area contributed by atoms with Gasteiger partial charge in [0, 0.05) is 30.4 Å². The molecule has 0 atom stereocenters. The van der Waals surface area contributed by atoms with Gasteiger partial charge in [-0.3, -0.25) is 0 Å². The van der Waals surface area contributed by atoms with Gasteiger partial charge in [0.25, 0.3) is 0 Å². The maximum atomic E-state index is 5.02. The van der Waals surface area contributed by atoms with Gasteiger partial charge in [-0.15, -0.1) is 0 Å². The average molecular weight is 294 g/mol. The molecule has 2 rings (SSSR count). The Balaban J connectivity index is 2.07. The number of fused-ring (bicyclic) bond motifs is 1. The molecular formula is C14H16BrNO. The van der Waals surface area contributed by atoms with Crippen LogP contribution in [0.15, 0.2) is 40.9 Å². The summed E-state index contributed by atoms with van der Waals surface area (Å²) in [5, 5.41) is 5.90. The first kappa shape index (κ1) is 12.4. The Kier molecular flexibility index (Phi) is 4.40. The molecule has 1 N–H and O–H groups in total. The van der Waals surface area contributed by atoms with Gasteiger partial charge < -0.3 is 10.1 Å². The van der Waals surface area contributed by atoms with E-state index < -0.39 is 0 Å². The van der Waals surface area contributed by atoms with Gasteiger partial charge in [-0.1, -0.05) is 28.1 Å². The van der Waals surface area contributed by atoms with Crippen molar-refractivity contribution in [2.75, 3.05) is 25.6 Å². The Morgan fingerprint density at radius 1 is 1.12 bits per heavy atom. The molecule has 0 amide bonds. The zero-order chi connectivity index (χ0) is 12.1. The van der Waals surface area contributed by atoms with Crippen molar-refractivity contribution in [1.82, 2.24) is 0 Å². The number of methoxy groups -OCH3 is 1. The van der Waals surface area contributed by atoms with E-state index in [4.69, 9.17) is 4.74 Å². The number of benzene rings is 2. The highest BCUT2D eigenvalue weighted by atomic mass is 79.9. The highest BCUT2D eigenvalue weighted by molar-refractivity contribution is 9.10. The molecular weight excluding hydrogens is 278 g/mol. The number of ether oxygens (including phenoxy) is 1. The fraction of sp³-hybridized carbons (Fsp3) is 0.286. The molecule has 0 heterocycles. The third-order valence-corrected chi connectivity index (χ3v) is 3.15. The summed E-state index contributed by atoms with van der Waals surface area (Å²) >= 11 is 3.48. The summed E-state index contributed by atoms with van der Waals surface area (Å²) in [7, 11) is 1.73. The zero-order valence-electron chi connectivity index (χ0n) is 9.87. The lowest BCUT2D eigenvalue weighted by molar-refractivity contribution is 0.198. The second kappa shape index (κ2) is 6.03. The van der Waals surface area contributed by atoms with Crippen LogP contribution in [0, 0.1) is 0 Å². The van der Waals surface area contributed by atoms with E-state index in [1.165, 1.54) is 10.8 Å². The van der Waals surface area contributed by atoms with Gasteiger partial charge in [-0.25, -0.2) is 0 Å². The van der Waals surface area contributed by atoms with Gasteiger partial charge in [-0.2, -0.15) is 0 Å². The highest BCUT2D eigenvalue weighted by Gasteiger charge is 1.97. The lowest BCUT2D eigenvalue weighted by Crippen LogP contribution is -2.04. The molecule has 0 bridgehead atoms. The van der Waals surface area contributed by atoms with Gasteiger partial charge in [0.2, 0.25) is 0 Å². The van der Waals surface area contributed by atoms with E-state index in [0.717, 1.165) is 29.7 Å². The number of nitrogens with one attached hydrogen (secondary N) is 1. The molecule has 0 unspecified atom stereocenters. The predicted octanol–water partition coefficient (Wildman–Crippen LogP) is 4.05. The van der Waals surface area contributed by atoms with E-state index in [2.05, 4.69) is 57.6 Å². The van der Waals surface area contributed by atoms with Crippen LogP contribution in [-0.4, -0.2) is 20.3 Å². The SMILES string of the molecule is COCCCNc1ccc2cc(Br)ccc2c1. The molecule has 2 aromatic rings. The van der Waals surface area contributed by atoms with Crippen molar-refractivity contribution in [1.29, 1.82) is 0 Å². The largest absolute Gasteiger partial charge is 0.385 e. The Bertz CT molecular complexity index is 499. The standard InChI is InChI=1S/C14H16BrNO/c1-17-8-2-7-16-14-6-4-11-9-13(15)5-3-12(11)10-14/h3-6,9-10,16H,2,7-8H2,1H3. The van der Waals surface area contributed by atoms with E-state index in [-0.39, 0.29) is 0 Å². The van der Waals surface area contributed by atoms with Crippen LogP contribution in [0.3, 0.4) is 0 Å². The maximum Gasteiger partial charge on any atom is 0.0479 e. The Morgan fingerprint density at radius 3 is 2.71 bits per heavy atom. The highest BCUT2D eigenvalue weighted by Crippen LogP contribution is 2.22. The molecule has 0 fully saturated rings. The predicted molar refractivity (Wildman–Crippen MR) is 76.6 cm³/mol. The lowest BCUT2D eigenvalue weighted by Gasteiger charge is -2.07. The van der Waals surface area contributed by atoms with Crippen LogP contribution < -0.4 is 5.32 Å². The number of hydrogen-bond acceptors (Lipinski definition) is 2. The van der Waals surface area contributed by atoms with Crippen molar-refractivity contribution < 1.29 is 4.74 Å². The first-order valence-corrected chi connectivity index (χ1v) is 6.51. The fourth-order valence-corrected chi connectivity index (χ4v) is 2.15. The lowest BCUT2D eigenvalue weighted by atomic mass is 10.1. The average Bonchev–Trinajstić information content (AvgIpc) is 2.35. The number of rotatable bonds is 5. The summed E-state index contributed by atoms with van der Waals surface area (Å²) in [4.78, 5) is 0. The second-order valence-corrected chi connectivity index (χ2v) is 4.90. The summed E-state index contributed by atoms with van der Waals surface area (Å²) in [5.41, 5.74) is 1.16. The normalized spacial score (nSPS) is 10.7. The molecule has 0 saturated carbocycles. The quantitative estimate of drug-likeness (QED) is 0.840. The minimum Gasteiger partial charge on any atom is -0.385 e. The molecule has 2 nitrogen and oxygen atoms in total. The maximum absolute atomic E-state index is 5.02. The molecule has 0 saturated heterocycles. The van der Waals surface area contributed by atoms with Gasteiger partial charge in [0.05, 0.1) is 0 Å². The van der Waals surface area contributed by atoms with E-state index in [1.807, 2.05) is 0 Å². The molecule has 0 aromatic heterocycles. The first-order chi connectivity index (χ1) is 8.29. The van der Waals surface area contributed by atoms with Crippen LogP contribution in [0.1, 0.15) is 6.42 Å². The minimum atomic E-state index is 0.799. The van der Waals surface area contributed by atoms with Gasteiger partial charge in [0.1, 0.15) is 0 Å². The molecule has 2 aromatic carbocycles. The first-order valence-electron chi connectivity index (χ1n) is 5.72. The van der Waals surface area contributed by atoms with E-state index in [1.54, 1.807) is 7.11 Å². The smallest absolute Gasteiger partial charge is 0.0479 e. The Labute approximate surface area is 110 Å². The minimum absolute atomic E-state index is 0.799. The van der Waals surface area contributed by atoms with E-state index in [0.29, 0.717) is 0 Å². The van der Waals surface area contributed by atoms with Crippen LogP contribution in [0.2, 0.25) is 0 Å². The van der Waals surface area contributed by atoms with Crippen molar-refractivity contribution >= 4 is 32.4 Å². The van der Waals surface area contributed by atoms with Gasteiger partial charge in [0.15, 0.2) is 0 Å². The number of anilines is 1. The number of hydrogen-bond donors (Lipinski definition) is 1. The van der Waals surface area contributed by atoms with Crippen LogP contribution in [0.4, 0.5) is 5.69 Å². The molecule has 0 spiro atoms. The molecule has 0 aliphatic heterocycles. The Hall–Kier alpha value is -1.06. The van der Waals surface area contributed by atoms with E-state index >= 15 is 0 Å². The zero-order valence-corrected chi connectivity index (χ0v) is 11.5. The summed E-state index contributed by atoms with van der Waals surface area (Å²) < 4.78 is 6.13.